The first-order valence-electron chi connectivity index (χ1n) is 6.05. The summed E-state index contributed by atoms with van der Waals surface area (Å²) in [5.41, 5.74) is 0.935. The van der Waals surface area contributed by atoms with Gasteiger partial charge in [0.1, 0.15) is 12.4 Å². The first-order chi connectivity index (χ1) is 10.1. The monoisotopic (exact) mass is 348 g/mol. The van der Waals surface area contributed by atoms with Crippen molar-refractivity contribution in [1.82, 2.24) is 0 Å². The summed E-state index contributed by atoms with van der Waals surface area (Å²) in [5, 5.41) is 0.786. The van der Waals surface area contributed by atoms with Gasteiger partial charge in [-0.3, -0.25) is 0 Å². The molecule has 0 aromatic heterocycles. The number of hydrogen-bond acceptors (Lipinski definition) is 2. The highest BCUT2D eigenvalue weighted by Crippen LogP contribution is 2.36. The average molecular weight is 350 g/mol. The predicted molar refractivity (Wildman–Crippen MR) is 83.3 cm³/mol. The van der Waals surface area contributed by atoms with Crippen molar-refractivity contribution >= 4 is 34.8 Å². The van der Waals surface area contributed by atoms with Gasteiger partial charge in [0.2, 0.25) is 0 Å². The van der Waals surface area contributed by atoms with Gasteiger partial charge in [-0.15, -0.1) is 11.6 Å². The molecule has 2 rings (SSSR count). The minimum absolute atomic E-state index is 0.0343. The lowest BCUT2D eigenvalue weighted by Crippen LogP contribution is -2.03. The van der Waals surface area contributed by atoms with Crippen LogP contribution >= 0.6 is 34.8 Å². The summed E-state index contributed by atoms with van der Waals surface area (Å²) in [6.45, 7) is -0.0343. The molecule has 0 saturated heterocycles. The summed E-state index contributed by atoms with van der Waals surface area (Å²) in [6.07, 6.45) is 0. The zero-order valence-electron chi connectivity index (χ0n) is 11.1. The van der Waals surface area contributed by atoms with E-state index < -0.39 is 5.82 Å². The van der Waals surface area contributed by atoms with E-state index in [-0.39, 0.29) is 18.1 Å². The Labute approximate surface area is 137 Å². The summed E-state index contributed by atoms with van der Waals surface area (Å²) in [6, 6.07) is 7.75. The fraction of sp³-hybridized carbons (Fsp3) is 0.200. The van der Waals surface area contributed by atoms with Gasteiger partial charge < -0.3 is 9.47 Å². The lowest BCUT2D eigenvalue weighted by atomic mass is 10.2. The Balaban J connectivity index is 2.31. The van der Waals surface area contributed by atoms with E-state index in [0.717, 1.165) is 0 Å². The van der Waals surface area contributed by atoms with E-state index in [4.69, 9.17) is 44.3 Å². The highest BCUT2D eigenvalue weighted by molar-refractivity contribution is 6.31. The molecule has 2 aromatic carbocycles. The van der Waals surface area contributed by atoms with E-state index in [1.54, 1.807) is 18.2 Å². The van der Waals surface area contributed by atoms with Crippen molar-refractivity contribution in [3.63, 3.8) is 0 Å². The van der Waals surface area contributed by atoms with Gasteiger partial charge in [-0.05, 0) is 18.2 Å². The van der Waals surface area contributed by atoms with Gasteiger partial charge in [0.05, 0.1) is 18.0 Å². The summed E-state index contributed by atoms with van der Waals surface area (Å²) in [7, 11) is 1.49. The van der Waals surface area contributed by atoms with Gasteiger partial charge in [-0.1, -0.05) is 29.3 Å². The Morgan fingerprint density at radius 3 is 2.57 bits per heavy atom. The van der Waals surface area contributed by atoms with E-state index >= 15 is 0 Å². The van der Waals surface area contributed by atoms with Crippen LogP contribution in [0.1, 0.15) is 11.1 Å². The van der Waals surface area contributed by atoms with Crippen LogP contribution in [0.3, 0.4) is 0 Å². The highest BCUT2D eigenvalue weighted by Gasteiger charge is 2.14. The number of rotatable bonds is 5. The number of benzene rings is 2. The molecular weight excluding hydrogens is 338 g/mol. The minimum Gasteiger partial charge on any atom is -0.493 e. The maximum absolute atomic E-state index is 13.7. The van der Waals surface area contributed by atoms with E-state index in [1.165, 1.54) is 19.2 Å². The van der Waals surface area contributed by atoms with Crippen molar-refractivity contribution in [3.8, 4) is 11.5 Å². The van der Waals surface area contributed by atoms with E-state index in [1.807, 2.05) is 0 Å². The van der Waals surface area contributed by atoms with Crippen LogP contribution in [0.25, 0.3) is 0 Å². The van der Waals surface area contributed by atoms with Crippen LogP contribution in [-0.4, -0.2) is 7.11 Å². The lowest BCUT2D eigenvalue weighted by Gasteiger charge is -2.15. The molecule has 112 valence electrons. The van der Waals surface area contributed by atoms with Crippen LogP contribution in [0.4, 0.5) is 4.39 Å². The molecule has 2 nitrogen and oxygen atoms in total. The molecule has 2 aromatic rings. The van der Waals surface area contributed by atoms with Crippen LogP contribution in [-0.2, 0) is 12.5 Å². The number of alkyl halides is 1. The number of ether oxygens (including phenoxy) is 2. The van der Waals surface area contributed by atoms with Crippen LogP contribution in [0.2, 0.25) is 10.0 Å². The predicted octanol–water partition coefficient (Wildman–Crippen LogP) is 5.46. The Morgan fingerprint density at radius 1 is 1.19 bits per heavy atom. The fourth-order valence-corrected chi connectivity index (χ4v) is 2.50. The molecule has 0 amide bonds. The maximum atomic E-state index is 13.7. The Bertz CT molecular complexity index is 602. The van der Waals surface area contributed by atoms with Crippen LogP contribution in [0.15, 0.2) is 30.3 Å². The van der Waals surface area contributed by atoms with E-state index in [9.17, 15) is 4.39 Å². The van der Waals surface area contributed by atoms with Crippen LogP contribution in [0.5, 0.6) is 11.5 Å². The molecular formula is C15H12Cl3FO2. The zero-order chi connectivity index (χ0) is 15.4. The molecule has 0 aliphatic rings. The highest BCUT2D eigenvalue weighted by atomic mass is 35.5. The molecule has 0 bridgehead atoms. The molecule has 0 spiro atoms. The zero-order valence-corrected chi connectivity index (χ0v) is 13.4. The number of methoxy groups -OCH3 is 1. The van der Waals surface area contributed by atoms with Crippen molar-refractivity contribution in [1.29, 1.82) is 0 Å². The molecule has 0 unspecified atom stereocenters. The van der Waals surface area contributed by atoms with E-state index in [0.29, 0.717) is 27.1 Å². The molecule has 0 atom stereocenters. The summed E-state index contributed by atoms with van der Waals surface area (Å²) >= 11 is 17.8. The fourth-order valence-electron chi connectivity index (χ4n) is 1.85. The third kappa shape index (κ3) is 3.73. The van der Waals surface area contributed by atoms with Crippen molar-refractivity contribution in [2.75, 3.05) is 7.11 Å². The summed E-state index contributed by atoms with van der Waals surface area (Å²) < 4.78 is 24.6. The third-order valence-electron chi connectivity index (χ3n) is 2.88. The van der Waals surface area contributed by atoms with Crippen molar-refractivity contribution in [2.24, 2.45) is 0 Å². The quantitative estimate of drug-likeness (QED) is 0.667. The summed E-state index contributed by atoms with van der Waals surface area (Å²) in [5.74, 6) is 0.627. The normalized spacial score (nSPS) is 10.5. The SMILES string of the molecule is COc1cc(Cl)cc(CCl)c1OCc1c(F)cccc1Cl. The average Bonchev–Trinajstić information content (AvgIpc) is 2.47. The topological polar surface area (TPSA) is 18.5 Å². The molecule has 0 aliphatic carbocycles. The second kappa shape index (κ2) is 7.21. The molecule has 0 radical (unpaired) electrons. The second-order valence-corrected chi connectivity index (χ2v) is 5.33. The van der Waals surface area contributed by atoms with Gasteiger partial charge >= 0.3 is 0 Å². The molecule has 0 heterocycles. The van der Waals surface area contributed by atoms with Crippen LogP contribution in [0, 0.1) is 5.82 Å². The number of halogens is 4. The standard InChI is InChI=1S/C15H12Cl3FO2/c1-20-14-6-10(17)5-9(7-16)15(14)21-8-11-12(18)3-2-4-13(11)19/h2-6H,7-8H2,1H3. The molecule has 0 N–H and O–H groups in total. The molecule has 6 heteroatoms. The first kappa shape index (κ1) is 16.2. The molecule has 0 saturated carbocycles. The summed E-state index contributed by atoms with van der Waals surface area (Å²) in [4.78, 5) is 0. The molecule has 0 fully saturated rings. The van der Waals surface area contributed by atoms with Gasteiger partial charge in [-0.2, -0.15) is 0 Å². The van der Waals surface area contributed by atoms with Crippen LogP contribution < -0.4 is 9.47 Å². The van der Waals surface area contributed by atoms with E-state index in [2.05, 4.69) is 0 Å². The van der Waals surface area contributed by atoms with Gasteiger partial charge in [0, 0.05) is 22.2 Å². The smallest absolute Gasteiger partial charge is 0.166 e. The van der Waals surface area contributed by atoms with Gasteiger partial charge in [-0.25, -0.2) is 4.39 Å². The molecule has 21 heavy (non-hydrogen) atoms. The third-order valence-corrected chi connectivity index (χ3v) is 3.74. The van der Waals surface area contributed by atoms with Gasteiger partial charge in [0.25, 0.3) is 0 Å². The lowest BCUT2D eigenvalue weighted by molar-refractivity contribution is 0.277. The van der Waals surface area contributed by atoms with Crippen molar-refractivity contribution in [2.45, 2.75) is 12.5 Å². The van der Waals surface area contributed by atoms with Crippen molar-refractivity contribution < 1.29 is 13.9 Å². The largest absolute Gasteiger partial charge is 0.493 e. The minimum atomic E-state index is -0.428. The Morgan fingerprint density at radius 2 is 1.95 bits per heavy atom. The van der Waals surface area contributed by atoms with Gasteiger partial charge in [0.15, 0.2) is 11.5 Å². The Kier molecular flexibility index (Phi) is 5.57. The maximum Gasteiger partial charge on any atom is 0.166 e. The second-order valence-electron chi connectivity index (χ2n) is 4.22. The Hall–Kier alpha value is -1.16. The first-order valence-corrected chi connectivity index (χ1v) is 7.34. The van der Waals surface area contributed by atoms with Crippen molar-refractivity contribution in [3.05, 3.63) is 57.3 Å². The number of hydrogen-bond donors (Lipinski definition) is 0. The molecule has 0 aliphatic heterocycles.